The van der Waals surface area contributed by atoms with Crippen LogP contribution in [0.3, 0.4) is 0 Å². The van der Waals surface area contributed by atoms with Gasteiger partial charge in [0.15, 0.2) is 5.71 Å². The zero-order chi connectivity index (χ0) is 12.3. The molecule has 6 heteroatoms. The largest absolute Gasteiger partial charge is 0.477 e. The van der Waals surface area contributed by atoms with Crippen molar-refractivity contribution < 1.29 is 19.5 Å². The van der Waals surface area contributed by atoms with Gasteiger partial charge in [-0.15, -0.1) is 0 Å². The minimum Gasteiger partial charge on any atom is -0.477 e. The van der Waals surface area contributed by atoms with Crippen molar-refractivity contribution in [2.75, 3.05) is 0 Å². The number of hydrogen-bond donors (Lipinski definition) is 2. The third-order valence-corrected chi connectivity index (χ3v) is 2.55. The molecule has 1 heterocycles. The Morgan fingerprint density at radius 3 is 2.69 bits per heavy atom. The molecule has 1 aliphatic rings. The van der Waals surface area contributed by atoms with E-state index in [1.54, 1.807) is 0 Å². The second-order valence-electron chi connectivity index (χ2n) is 4.37. The van der Waals surface area contributed by atoms with Crippen molar-refractivity contribution >= 4 is 17.6 Å². The lowest BCUT2D eigenvalue weighted by atomic mass is 10.0. The maximum absolute atomic E-state index is 11.7. The molecule has 0 bridgehead atoms. The third-order valence-electron chi connectivity index (χ3n) is 2.55. The van der Waals surface area contributed by atoms with E-state index >= 15 is 0 Å². The second kappa shape index (κ2) is 4.51. The van der Waals surface area contributed by atoms with Gasteiger partial charge < -0.3 is 15.3 Å². The van der Waals surface area contributed by atoms with Gasteiger partial charge in [0.25, 0.3) is 5.91 Å². The van der Waals surface area contributed by atoms with Gasteiger partial charge in [-0.05, 0) is 20.3 Å². The Morgan fingerprint density at radius 1 is 1.62 bits per heavy atom. The van der Waals surface area contributed by atoms with Gasteiger partial charge in [0.1, 0.15) is 0 Å². The molecule has 0 aromatic heterocycles. The first-order valence-corrected chi connectivity index (χ1v) is 5.13. The Hall–Kier alpha value is -1.59. The number of amides is 1. The summed E-state index contributed by atoms with van der Waals surface area (Å²) in [6.45, 7) is 5.73. The van der Waals surface area contributed by atoms with Crippen molar-refractivity contribution in [2.24, 2.45) is 5.16 Å². The van der Waals surface area contributed by atoms with Crippen LogP contribution in [-0.2, 0) is 14.4 Å². The molecule has 16 heavy (non-hydrogen) atoms. The number of nitrogens with one attached hydrogen (secondary N) is 1. The van der Waals surface area contributed by atoms with Crippen molar-refractivity contribution in [3.63, 3.8) is 0 Å². The molecule has 0 radical (unpaired) electrons. The Morgan fingerprint density at radius 2 is 2.25 bits per heavy atom. The van der Waals surface area contributed by atoms with E-state index in [2.05, 4.69) is 10.5 Å². The van der Waals surface area contributed by atoms with Crippen molar-refractivity contribution in [1.82, 2.24) is 5.32 Å². The fourth-order valence-corrected chi connectivity index (χ4v) is 1.15. The van der Waals surface area contributed by atoms with Crippen LogP contribution in [0.15, 0.2) is 5.16 Å². The minimum atomic E-state index is -1.15. The van der Waals surface area contributed by atoms with E-state index in [0.717, 1.165) is 6.42 Å². The highest BCUT2D eigenvalue weighted by molar-refractivity contribution is 6.36. The number of aliphatic carboxylic acids is 1. The van der Waals surface area contributed by atoms with Gasteiger partial charge in [-0.1, -0.05) is 12.1 Å². The Kier molecular flexibility index (Phi) is 3.51. The molecule has 0 spiro atoms. The summed E-state index contributed by atoms with van der Waals surface area (Å²) in [5, 5.41) is 14.8. The first-order chi connectivity index (χ1) is 7.35. The molecule has 0 saturated heterocycles. The maximum Gasteiger partial charge on any atom is 0.353 e. The molecule has 1 unspecified atom stereocenters. The van der Waals surface area contributed by atoms with E-state index in [1.807, 2.05) is 20.8 Å². The van der Waals surface area contributed by atoms with Gasteiger partial charge >= 0.3 is 5.97 Å². The van der Waals surface area contributed by atoms with Crippen LogP contribution < -0.4 is 5.32 Å². The van der Waals surface area contributed by atoms with E-state index < -0.39 is 12.1 Å². The second-order valence-corrected chi connectivity index (χ2v) is 4.37. The van der Waals surface area contributed by atoms with Crippen LogP contribution >= 0.6 is 0 Å². The lowest BCUT2D eigenvalue weighted by molar-refractivity contribution is -0.133. The number of carbonyl (C=O) groups is 2. The monoisotopic (exact) mass is 228 g/mol. The fourth-order valence-electron chi connectivity index (χ4n) is 1.15. The van der Waals surface area contributed by atoms with Crippen LogP contribution in [0, 0.1) is 0 Å². The molecular weight excluding hydrogens is 212 g/mol. The molecule has 0 aromatic rings. The molecule has 6 nitrogen and oxygen atoms in total. The number of carboxylic acid groups (broad SMARTS) is 1. The lowest BCUT2D eigenvalue weighted by Crippen LogP contribution is -2.47. The molecule has 0 aliphatic carbocycles. The highest BCUT2D eigenvalue weighted by Crippen LogP contribution is 2.14. The van der Waals surface area contributed by atoms with Crippen molar-refractivity contribution in [3.8, 4) is 0 Å². The standard InChI is InChI=1S/C10H16N2O4/c1-4-10(2,3)11-8(13)7-5-6(9(14)15)12-16-7/h7H,4-5H2,1-3H3,(H,11,13)(H,14,15). The summed E-state index contributed by atoms with van der Waals surface area (Å²) in [5.41, 5.74) is -0.443. The van der Waals surface area contributed by atoms with Gasteiger partial charge in [0.2, 0.25) is 6.10 Å². The Bertz CT molecular complexity index is 336. The number of oxime groups is 1. The third kappa shape index (κ3) is 2.95. The Balaban J connectivity index is 2.51. The molecule has 2 N–H and O–H groups in total. The summed E-state index contributed by atoms with van der Waals surface area (Å²) in [7, 11) is 0. The first kappa shape index (κ1) is 12.5. The summed E-state index contributed by atoms with van der Waals surface area (Å²) in [5.74, 6) is -1.48. The molecule has 0 saturated carbocycles. The molecule has 0 aromatic carbocycles. The SMILES string of the molecule is CCC(C)(C)NC(=O)C1CC(C(=O)O)=NO1. The van der Waals surface area contributed by atoms with Gasteiger partial charge in [-0.25, -0.2) is 4.79 Å². The summed E-state index contributed by atoms with van der Waals surface area (Å²) in [6, 6.07) is 0. The van der Waals surface area contributed by atoms with Crippen molar-refractivity contribution in [2.45, 2.75) is 45.3 Å². The maximum atomic E-state index is 11.7. The van der Waals surface area contributed by atoms with Crippen molar-refractivity contribution in [3.05, 3.63) is 0 Å². The van der Waals surface area contributed by atoms with E-state index in [4.69, 9.17) is 9.94 Å². The average molecular weight is 228 g/mol. The van der Waals surface area contributed by atoms with E-state index in [1.165, 1.54) is 0 Å². The van der Waals surface area contributed by atoms with Crippen LogP contribution in [0.1, 0.15) is 33.6 Å². The molecule has 90 valence electrons. The van der Waals surface area contributed by atoms with Gasteiger partial charge in [-0.3, -0.25) is 4.79 Å². The normalized spacial score (nSPS) is 19.9. The molecule has 1 rings (SSSR count). The van der Waals surface area contributed by atoms with Gasteiger partial charge in [0, 0.05) is 12.0 Å². The number of rotatable bonds is 4. The minimum absolute atomic E-state index is 0.0148. The highest BCUT2D eigenvalue weighted by Gasteiger charge is 2.33. The fraction of sp³-hybridized carbons (Fsp3) is 0.700. The molecular formula is C10H16N2O4. The van der Waals surface area contributed by atoms with Crippen LogP contribution in [0.5, 0.6) is 0 Å². The topological polar surface area (TPSA) is 88.0 Å². The zero-order valence-corrected chi connectivity index (χ0v) is 9.61. The molecule has 1 aliphatic heterocycles. The predicted octanol–water partition coefficient (Wildman–Crippen LogP) is 0.521. The lowest BCUT2D eigenvalue weighted by Gasteiger charge is -2.25. The summed E-state index contributed by atoms with van der Waals surface area (Å²) in [4.78, 5) is 27.0. The van der Waals surface area contributed by atoms with E-state index in [-0.39, 0.29) is 23.6 Å². The summed E-state index contributed by atoms with van der Waals surface area (Å²) in [6.07, 6.45) is -0.0316. The average Bonchev–Trinajstić information content (AvgIpc) is 2.66. The molecule has 0 fully saturated rings. The molecule has 1 atom stereocenters. The van der Waals surface area contributed by atoms with Gasteiger partial charge in [-0.2, -0.15) is 0 Å². The van der Waals surface area contributed by atoms with Crippen LogP contribution in [-0.4, -0.2) is 34.3 Å². The van der Waals surface area contributed by atoms with E-state index in [0.29, 0.717) is 0 Å². The van der Waals surface area contributed by atoms with Gasteiger partial charge in [0.05, 0.1) is 0 Å². The predicted molar refractivity (Wildman–Crippen MR) is 57.1 cm³/mol. The van der Waals surface area contributed by atoms with Crippen LogP contribution in [0.25, 0.3) is 0 Å². The van der Waals surface area contributed by atoms with Crippen LogP contribution in [0.4, 0.5) is 0 Å². The smallest absolute Gasteiger partial charge is 0.353 e. The quantitative estimate of drug-likeness (QED) is 0.734. The molecule has 1 amide bonds. The Labute approximate surface area is 93.6 Å². The number of nitrogens with zero attached hydrogens (tertiary/aromatic N) is 1. The highest BCUT2D eigenvalue weighted by atomic mass is 16.6. The first-order valence-electron chi connectivity index (χ1n) is 5.13. The zero-order valence-electron chi connectivity index (χ0n) is 9.61. The summed E-state index contributed by atoms with van der Waals surface area (Å²) >= 11 is 0. The van der Waals surface area contributed by atoms with E-state index in [9.17, 15) is 9.59 Å². The van der Waals surface area contributed by atoms with Crippen LogP contribution in [0.2, 0.25) is 0 Å². The number of hydrogen-bond acceptors (Lipinski definition) is 4. The van der Waals surface area contributed by atoms with Crippen molar-refractivity contribution in [1.29, 1.82) is 0 Å². The number of carboxylic acids is 1. The summed E-state index contributed by atoms with van der Waals surface area (Å²) < 4.78 is 0. The number of carbonyl (C=O) groups excluding carboxylic acids is 1.